The van der Waals surface area contributed by atoms with Crippen LogP contribution < -0.4 is 4.74 Å². The van der Waals surface area contributed by atoms with Crippen molar-refractivity contribution in [2.24, 2.45) is 5.41 Å². The van der Waals surface area contributed by atoms with Gasteiger partial charge in [0, 0.05) is 10.6 Å². The summed E-state index contributed by atoms with van der Waals surface area (Å²) in [4.78, 5) is 11.0. The Balaban J connectivity index is 3.22. The van der Waals surface area contributed by atoms with E-state index in [0.29, 0.717) is 10.6 Å². The number of hydrogen-bond donors (Lipinski definition) is 1. The predicted octanol–water partition coefficient (Wildman–Crippen LogP) is 3.14. The average Bonchev–Trinajstić information content (AvgIpc) is 2.23. The monoisotopic (exact) mass is 260 g/mol. The fraction of sp³-hybridized carbons (Fsp3) is 0.417. The Bertz CT molecular complexity index is 444. The highest BCUT2D eigenvalue weighted by Gasteiger charge is 2.30. The van der Waals surface area contributed by atoms with Gasteiger partial charge in [-0.15, -0.1) is 0 Å². The molecule has 1 aromatic carbocycles. The number of ether oxygens (including phenoxy) is 1. The molecule has 0 aliphatic carbocycles. The van der Waals surface area contributed by atoms with Crippen LogP contribution in [-0.4, -0.2) is 18.2 Å². The van der Waals surface area contributed by atoms with Crippen LogP contribution in [0.3, 0.4) is 0 Å². The van der Waals surface area contributed by atoms with Gasteiger partial charge in [-0.3, -0.25) is 4.79 Å². The molecular formula is C12H14ClFO3. The first kappa shape index (κ1) is 13.8. The third-order valence-electron chi connectivity index (χ3n) is 2.56. The molecule has 17 heavy (non-hydrogen) atoms. The molecule has 1 rings (SSSR count). The van der Waals surface area contributed by atoms with Gasteiger partial charge in [0.25, 0.3) is 0 Å². The Kier molecular flexibility index (Phi) is 3.98. The van der Waals surface area contributed by atoms with Crippen LogP contribution in [0.4, 0.5) is 4.39 Å². The number of carboxylic acid groups (broad SMARTS) is 1. The van der Waals surface area contributed by atoms with Crippen LogP contribution in [-0.2, 0) is 11.2 Å². The molecule has 5 heteroatoms. The van der Waals surface area contributed by atoms with Gasteiger partial charge in [-0.2, -0.15) is 0 Å². The van der Waals surface area contributed by atoms with Crippen molar-refractivity contribution in [1.29, 1.82) is 0 Å². The number of halogens is 2. The molecule has 0 saturated carbocycles. The Morgan fingerprint density at radius 1 is 1.53 bits per heavy atom. The molecule has 0 amide bonds. The smallest absolute Gasteiger partial charge is 0.309 e. The number of benzene rings is 1. The zero-order valence-electron chi connectivity index (χ0n) is 9.88. The summed E-state index contributed by atoms with van der Waals surface area (Å²) in [6.45, 7) is 3.10. The van der Waals surface area contributed by atoms with Gasteiger partial charge in [0.1, 0.15) is 0 Å². The highest BCUT2D eigenvalue weighted by Crippen LogP contribution is 2.35. The quantitative estimate of drug-likeness (QED) is 0.905. The summed E-state index contributed by atoms with van der Waals surface area (Å²) < 4.78 is 18.4. The van der Waals surface area contributed by atoms with Crippen molar-refractivity contribution >= 4 is 17.6 Å². The first-order valence-electron chi connectivity index (χ1n) is 5.04. The van der Waals surface area contributed by atoms with Gasteiger partial charge in [-0.05, 0) is 32.4 Å². The standard InChI is InChI=1S/C12H14ClFO3/c1-12(2,11(15)16)6-7-8(13)4-5-9(14)10(7)17-3/h4-5H,6H2,1-3H3,(H,15,16). The van der Waals surface area contributed by atoms with E-state index in [4.69, 9.17) is 21.4 Å². The summed E-state index contributed by atoms with van der Waals surface area (Å²) in [7, 11) is 1.33. The molecule has 1 N–H and O–H groups in total. The molecule has 1 aromatic rings. The number of hydrogen-bond acceptors (Lipinski definition) is 2. The van der Waals surface area contributed by atoms with Crippen molar-refractivity contribution in [2.75, 3.05) is 7.11 Å². The summed E-state index contributed by atoms with van der Waals surface area (Å²) in [5, 5.41) is 9.35. The van der Waals surface area contributed by atoms with E-state index >= 15 is 0 Å². The average molecular weight is 261 g/mol. The van der Waals surface area contributed by atoms with Gasteiger partial charge >= 0.3 is 5.97 Å². The molecule has 0 heterocycles. The first-order valence-corrected chi connectivity index (χ1v) is 5.41. The van der Waals surface area contributed by atoms with Gasteiger partial charge in [0.05, 0.1) is 12.5 Å². The van der Waals surface area contributed by atoms with Crippen LogP contribution in [0.25, 0.3) is 0 Å². The lowest BCUT2D eigenvalue weighted by molar-refractivity contribution is -0.146. The molecule has 0 saturated heterocycles. The molecule has 3 nitrogen and oxygen atoms in total. The normalized spacial score (nSPS) is 11.4. The fourth-order valence-electron chi connectivity index (χ4n) is 1.48. The summed E-state index contributed by atoms with van der Waals surface area (Å²) in [6, 6.07) is 2.59. The van der Waals surface area contributed by atoms with Gasteiger partial charge < -0.3 is 9.84 Å². The van der Waals surface area contributed by atoms with Gasteiger partial charge in [-0.25, -0.2) is 4.39 Å². The van der Waals surface area contributed by atoms with Gasteiger partial charge in [-0.1, -0.05) is 11.6 Å². The third kappa shape index (κ3) is 2.88. The Hall–Kier alpha value is -1.29. The number of carbonyl (C=O) groups is 1. The van der Waals surface area contributed by atoms with Crippen LogP contribution in [0.15, 0.2) is 12.1 Å². The molecule has 0 radical (unpaired) electrons. The minimum absolute atomic E-state index is 0.00632. The van der Waals surface area contributed by atoms with Crippen LogP contribution >= 0.6 is 11.6 Å². The lowest BCUT2D eigenvalue weighted by atomic mass is 9.85. The molecule has 0 aromatic heterocycles. The van der Waals surface area contributed by atoms with E-state index in [1.165, 1.54) is 19.2 Å². The molecule has 0 atom stereocenters. The SMILES string of the molecule is COc1c(F)ccc(Cl)c1CC(C)(C)C(=O)O. The summed E-state index contributed by atoms with van der Waals surface area (Å²) in [5.74, 6) is -1.51. The second-order valence-electron chi connectivity index (χ2n) is 4.41. The minimum Gasteiger partial charge on any atom is -0.493 e. The van der Waals surface area contributed by atoms with Crippen molar-refractivity contribution < 1.29 is 19.0 Å². The number of aliphatic carboxylic acids is 1. The number of rotatable bonds is 4. The zero-order valence-corrected chi connectivity index (χ0v) is 10.6. The van der Waals surface area contributed by atoms with E-state index in [2.05, 4.69) is 0 Å². The molecule has 0 aliphatic heterocycles. The highest BCUT2D eigenvalue weighted by molar-refractivity contribution is 6.31. The van der Waals surface area contributed by atoms with Crippen LogP contribution in [0.1, 0.15) is 19.4 Å². The lowest BCUT2D eigenvalue weighted by Crippen LogP contribution is -2.26. The van der Waals surface area contributed by atoms with E-state index in [1.807, 2.05) is 0 Å². The second-order valence-corrected chi connectivity index (χ2v) is 4.81. The Morgan fingerprint density at radius 3 is 2.59 bits per heavy atom. The molecule has 0 unspecified atom stereocenters. The predicted molar refractivity (Wildman–Crippen MR) is 63.1 cm³/mol. The fourth-order valence-corrected chi connectivity index (χ4v) is 1.69. The maximum atomic E-state index is 13.5. The van der Waals surface area contributed by atoms with Crippen molar-refractivity contribution in [1.82, 2.24) is 0 Å². The maximum Gasteiger partial charge on any atom is 0.309 e. The van der Waals surface area contributed by atoms with Gasteiger partial charge in [0.2, 0.25) is 0 Å². The van der Waals surface area contributed by atoms with Crippen LogP contribution in [0.5, 0.6) is 5.75 Å². The molecule has 94 valence electrons. The van der Waals surface area contributed by atoms with Gasteiger partial charge in [0.15, 0.2) is 11.6 Å². The van der Waals surface area contributed by atoms with Crippen molar-refractivity contribution in [3.05, 3.63) is 28.5 Å². The minimum atomic E-state index is -1.04. The maximum absolute atomic E-state index is 13.5. The third-order valence-corrected chi connectivity index (χ3v) is 2.91. The largest absolute Gasteiger partial charge is 0.493 e. The van der Waals surface area contributed by atoms with E-state index in [1.54, 1.807) is 13.8 Å². The molecule has 0 aliphatic rings. The van der Waals surface area contributed by atoms with E-state index in [9.17, 15) is 9.18 Å². The summed E-state index contributed by atoms with van der Waals surface area (Å²) >= 11 is 5.95. The van der Waals surface area contributed by atoms with E-state index in [-0.39, 0.29) is 12.2 Å². The molecule has 0 fully saturated rings. The number of carboxylic acids is 1. The van der Waals surface area contributed by atoms with Crippen LogP contribution in [0.2, 0.25) is 5.02 Å². The van der Waals surface area contributed by atoms with Crippen molar-refractivity contribution in [2.45, 2.75) is 20.3 Å². The Morgan fingerprint density at radius 2 is 2.12 bits per heavy atom. The number of methoxy groups -OCH3 is 1. The highest BCUT2D eigenvalue weighted by atomic mass is 35.5. The Labute approximate surface area is 104 Å². The lowest BCUT2D eigenvalue weighted by Gasteiger charge is -2.21. The van der Waals surface area contributed by atoms with E-state index in [0.717, 1.165) is 0 Å². The second kappa shape index (κ2) is 4.92. The molecule has 0 bridgehead atoms. The summed E-state index contributed by atoms with van der Waals surface area (Å²) in [5.41, 5.74) is -0.661. The first-order chi connectivity index (χ1) is 7.79. The van der Waals surface area contributed by atoms with Crippen LogP contribution in [0, 0.1) is 11.2 Å². The van der Waals surface area contributed by atoms with Crippen molar-refractivity contribution in [3.63, 3.8) is 0 Å². The van der Waals surface area contributed by atoms with Crippen molar-refractivity contribution in [3.8, 4) is 5.75 Å². The van der Waals surface area contributed by atoms with E-state index < -0.39 is 17.2 Å². The molecule has 0 spiro atoms. The zero-order chi connectivity index (χ0) is 13.2. The molecular weight excluding hydrogens is 247 g/mol. The summed E-state index contributed by atoms with van der Waals surface area (Å²) in [6.07, 6.45) is 0.0993. The topological polar surface area (TPSA) is 46.5 Å².